The van der Waals surface area contributed by atoms with E-state index >= 15 is 0 Å². The summed E-state index contributed by atoms with van der Waals surface area (Å²) in [6, 6.07) is 2.88. The number of alkyl halides is 3. The maximum atomic E-state index is 12.3. The third-order valence-corrected chi connectivity index (χ3v) is 2.03. The van der Waals surface area contributed by atoms with E-state index in [-0.39, 0.29) is 0 Å². The normalized spacial score (nSPS) is 11.1. The maximum Gasteiger partial charge on any atom is 0.433 e. The summed E-state index contributed by atoms with van der Waals surface area (Å²) in [6.45, 7) is -0.552. The van der Waals surface area contributed by atoms with Crippen molar-refractivity contribution in [1.29, 1.82) is 0 Å². The van der Waals surface area contributed by atoms with Crippen LogP contribution in [0.3, 0.4) is 0 Å². The molecule has 1 amide bonds. The summed E-state index contributed by atoms with van der Waals surface area (Å²) in [7, 11) is 1.13. The topological polar surface area (TPSA) is 70.5 Å². The molecule has 0 bridgehead atoms. The fourth-order valence-corrected chi connectivity index (χ4v) is 1.11. The van der Waals surface area contributed by atoms with Crippen LogP contribution >= 0.6 is 0 Å². The number of rotatable bonds is 3. The van der Waals surface area contributed by atoms with Crippen molar-refractivity contribution >= 4 is 11.9 Å². The Hall–Kier alpha value is -2.12. The number of amides is 1. The van der Waals surface area contributed by atoms with Gasteiger partial charge in [-0.05, 0) is 12.1 Å². The molecule has 0 spiro atoms. The summed E-state index contributed by atoms with van der Waals surface area (Å²) in [5.41, 5.74) is -1.61. The summed E-state index contributed by atoms with van der Waals surface area (Å²) in [4.78, 5) is 25.8. The number of aromatic nitrogens is 1. The van der Waals surface area contributed by atoms with E-state index in [1.54, 1.807) is 0 Å². The molecule has 0 aliphatic carbocycles. The van der Waals surface area contributed by atoms with Crippen molar-refractivity contribution in [2.75, 3.05) is 13.6 Å². The molecule has 0 aliphatic heterocycles. The van der Waals surface area contributed by atoms with Crippen molar-refractivity contribution < 1.29 is 27.9 Å². The van der Waals surface area contributed by atoms with Crippen LogP contribution in [0.4, 0.5) is 18.0 Å². The minimum absolute atomic E-state index is 0.419. The quantitative estimate of drug-likeness (QED) is 0.844. The first-order chi connectivity index (χ1) is 8.21. The first-order valence-electron chi connectivity index (χ1n) is 4.73. The lowest BCUT2D eigenvalue weighted by Gasteiger charge is -2.12. The van der Waals surface area contributed by atoms with Crippen molar-refractivity contribution in [3.05, 3.63) is 29.6 Å². The summed E-state index contributed by atoms with van der Waals surface area (Å²) >= 11 is 0. The molecule has 18 heavy (non-hydrogen) atoms. The van der Waals surface area contributed by atoms with Crippen LogP contribution in [-0.4, -0.2) is 40.5 Å². The number of ketones is 1. The molecule has 0 radical (unpaired) electrons. The average Bonchev–Trinajstić information content (AvgIpc) is 2.27. The number of halogens is 3. The number of hydrogen-bond acceptors (Lipinski definition) is 3. The van der Waals surface area contributed by atoms with Gasteiger partial charge in [0.25, 0.3) is 0 Å². The lowest BCUT2D eigenvalue weighted by Crippen LogP contribution is -2.31. The van der Waals surface area contributed by atoms with Gasteiger partial charge >= 0.3 is 12.3 Å². The molecule has 1 heterocycles. The molecule has 0 aromatic carbocycles. The maximum absolute atomic E-state index is 12.3. The molecule has 5 nitrogen and oxygen atoms in total. The molecule has 0 saturated carbocycles. The first-order valence-corrected chi connectivity index (χ1v) is 4.73. The van der Waals surface area contributed by atoms with Crippen LogP contribution in [-0.2, 0) is 6.18 Å². The minimum atomic E-state index is -4.64. The standard InChI is InChI=1S/C10H9F3N2O3/c1-15(9(17)18)5-7(16)6-3-2-4-8(14-6)10(11,12)13/h2-4H,5H2,1H3,(H,17,18). The highest BCUT2D eigenvalue weighted by atomic mass is 19.4. The third kappa shape index (κ3) is 3.44. The van der Waals surface area contributed by atoms with Gasteiger partial charge in [-0.2, -0.15) is 13.2 Å². The zero-order chi connectivity index (χ0) is 13.9. The fourth-order valence-electron chi connectivity index (χ4n) is 1.11. The van der Waals surface area contributed by atoms with Crippen LogP contribution < -0.4 is 0 Å². The highest BCUT2D eigenvalue weighted by Gasteiger charge is 2.33. The Bertz CT molecular complexity index is 474. The van der Waals surface area contributed by atoms with Gasteiger partial charge in [0.1, 0.15) is 11.4 Å². The SMILES string of the molecule is CN(CC(=O)c1cccc(C(F)(F)F)n1)C(=O)O. The molecular formula is C10H9F3N2O3. The van der Waals surface area contributed by atoms with Gasteiger partial charge < -0.3 is 10.0 Å². The van der Waals surface area contributed by atoms with E-state index in [2.05, 4.69) is 4.98 Å². The number of pyridine rings is 1. The molecule has 0 atom stereocenters. The molecule has 1 aromatic heterocycles. The smallest absolute Gasteiger partial charge is 0.433 e. The van der Waals surface area contributed by atoms with Crippen LogP contribution in [0.15, 0.2) is 18.2 Å². The number of carbonyl (C=O) groups excluding carboxylic acids is 1. The molecule has 1 aromatic rings. The molecular weight excluding hydrogens is 253 g/mol. The van der Waals surface area contributed by atoms with Crippen LogP contribution in [0.25, 0.3) is 0 Å². The third-order valence-electron chi connectivity index (χ3n) is 2.03. The van der Waals surface area contributed by atoms with Gasteiger partial charge in [-0.15, -0.1) is 0 Å². The van der Waals surface area contributed by atoms with Crippen LogP contribution in [0, 0.1) is 0 Å². The number of carbonyl (C=O) groups is 2. The lowest BCUT2D eigenvalue weighted by atomic mass is 10.2. The van der Waals surface area contributed by atoms with E-state index in [1.807, 2.05) is 0 Å². The zero-order valence-corrected chi connectivity index (χ0v) is 9.23. The monoisotopic (exact) mass is 262 g/mol. The van der Waals surface area contributed by atoms with Gasteiger partial charge in [-0.25, -0.2) is 9.78 Å². The Kier molecular flexibility index (Phi) is 3.89. The van der Waals surface area contributed by atoms with E-state index < -0.39 is 36.0 Å². The second-order valence-electron chi connectivity index (χ2n) is 3.47. The van der Waals surface area contributed by atoms with Gasteiger partial charge in [0.05, 0.1) is 6.54 Å². The molecule has 0 saturated heterocycles. The molecule has 1 N–H and O–H groups in total. The molecule has 1 rings (SSSR count). The van der Waals surface area contributed by atoms with Gasteiger partial charge in [0.2, 0.25) is 5.78 Å². The fraction of sp³-hybridized carbons (Fsp3) is 0.300. The molecule has 0 fully saturated rings. The predicted octanol–water partition coefficient (Wildman–Crippen LogP) is 1.89. The number of nitrogens with zero attached hydrogens (tertiary/aromatic N) is 2. The van der Waals surface area contributed by atoms with Crippen molar-refractivity contribution in [3.8, 4) is 0 Å². The van der Waals surface area contributed by atoms with Gasteiger partial charge in [-0.3, -0.25) is 4.79 Å². The Morgan fingerprint density at radius 1 is 1.39 bits per heavy atom. The average molecular weight is 262 g/mol. The summed E-state index contributed by atoms with van der Waals surface area (Å²) in [6.07, 6.45) is -6.00. The highest BCUT2D eigenvalue weighted by Crippen LogP contribution is 2.27. The second kappa shape index (κ2) is 5.03. The molecule has 0 aliphatic rings. The number of hydrogen-bond donors (Lipinski definition) is 1. The van der Waals surface area contributed by atoms with E-state index in [0.29, 0.717) is 4.90 Å². The van der Waals surface area contributed by atoms with E-state index in [9.17, 15) is 22.8 Å². The van der Waals surface area contributed by atoms with Gasteiger partial charge in [0.15, 0.2) is 0 Å². The van der Waals surface area contributed by atoms with Crippen molar-refractivity contribution in [2.24, 2.45) is 0 Å². The zero-order valence-electron chi connectivity index (χ0n) is 9.23. The Morgan fingerprint density at radius 3 is 2.50 bits per heavy atom. The van der Waals surface area contributed by atoms with E-state index in [0.717, 1.165) is 25.2 Å². The van der Waals surface area contributed by atoms with E-state index in [4.69, 9.17) is 5.11 Å². The molecule has 0 unspecified atom stereocenters. The first kappa shape index (κ1) is 13.9. The van der Waals surface area contributed by atoms with Crippen molar-refractivity contribution in [2.45, 2.75) is 6.18 Å². The summed E-state index contributed by atoms with van der Waals surface area (Å²) < 4.78 is 37.0. The molecule has 98 valence electrons. The summed E-state index contributed by atoms with van der Waals surface area (Å²) in [5.74, 6) is -0.800. The summed E-state index contributed by atoms with van der Waals surface area (Å²) in [5, 5.41) is 8.53. The minimum Gasteiger partial charge on any atom is -0.465 e. The van der Waals surface area contributed by atoms with Crippen LogP contribution in [0.2, 0.25) is 0 Å². The lowest BCUT2D eigenvalue weighted by molar-refractivity contribution is -0.141. The molecule has 8 heteroatoms. The number of Topliss-reactive ketones (excluding diaryl/α,β-unsaturated/α-hetero) is 1. The highest BCUT2D eigenvalue weighted by molar-refractivity contribution is 5.97. The Balaban J connectivity index is 2.91. The van der Waals surface area contributed by atoms with Crippen molar-refractivity contribution in [1.82, 2.24) is 9.88 Å². The number of likely N-dealkylation sites (N-methyl/N-ethyl adjacent to an activating group) is 1. The van der Waals surface area contributed by atoms with Crippen LogP contribution in [0.1, 0.15) is 16.2 Å². The number of carboxylic acid groups (broad SMARTS) is 1. The van der Waals surface area contributed by atoms with E-state index in [1.165, 1.54) is 0 Å². The van der Waals surface area contributed by atoms with Crippen LogP contribution in [0.5, 0.6) is 0 Å². The predicted molar refractivity (Wildman–Crippen MR) is 54.2 cm³/mol. The van der Waals surface area contributed by atoms with Gasteiger partial charge in [0, 0.05) is 7.05 Å². The largest absolute Gasteiger partial charge is 0.465 e. The Morgan fingerprint density at radius 2 is 2.00 bits per heavy atom. The van der Waals surface area contributed by atoms with Gasteiger partial charge in [-0.1, -0.05) is 6.07 Å². The van der Waals surface area contributed by atoms with Crippen molar-refractivity contribution in [3.63, 3.8) is 0 Å². The Labute approximate surface area is 99.8 Å². The second-order valence-corrected chi connectivity index (χ2v) is 3.47.